The van der Waals surface area contributed by atoms with Crippen LogP contribution in [0.1, 0.15) is 18.4 Å². The van der Waals surface area contributed by atoms with E-state index < -0.39 is 6.61 Å². The Labute approximate surface area is 128 Å². The van der Waals surface area contributed by atoms with Crippen LogP contribution in [0.4, 0.5) is 8.78 Å². The predicted octanol–water partition coefficient (Wildman–Crippen LogP) is 3.13. The third-order valence-electron chi connectivity index (χ3n) is 4.48. The van der Waals surface area contributed by atoms with Crippen molar-refractivity contribution in [3.63, 3.8) is 0 Å². The number of benzene rings is 1. The van der Waals surface area contributed by atoms with Crippen LogP contribution in [0.2, 0.25) is 5.02 Å². The summed E-state index contributed by atoms with van der Waals surface area (Å²) < 4.78 is 29.6. The highest BCUT2D eigenvalue weighted by Crippen LogP contribution is 2.37. The maximum Gasteiger partial charge on any atom is 0.387 e. The normalized spacial score (nSPS) is 26.1. The van der Waals surface area contributed by atoms with Crippen LogP contribution < -0.4 is 10.1 Å². The molecule has 0 aromatic heterocycles. The lowest BCUT2D eigenvalue weighted by molar-refractivity contribution is -0.0507. The van der Waals surface area contributed by atoms with Crippen LogP contribution in [0.5, 0.6) is 5.75 Å². The second-order valence-electron chi connectivity index (χ2n) is 6.02. The van der Waals surface area contributed by atoms with Gasteiger partial charge in [-0.1, -0.05) is 11.6 Å². The molecule has 0 amide bonds. The summed E-state index contributed by atoms with van der Waals surface area (Å²) in [5.41, 5.74) is 1.09. The van der Waals surface area contributed by atoms with E-state index in [1.807, 2.05) is 0 Å². The van der Waals surface area contributed by atoms with Crippen LogP contribution in [0.15, 0.2) is 18.2 Å². The van der Waals surface area contributed by atoms with Crippen molar-refractivity contribution >= 4 is 11.6 Å². The smallest absolute Gasteiger partial charge is 0.387 e. The van der Waals surface area contributed by atoms with E-state index in [0.29, 0.717) is 17.0 Å². The zero-order valence-corrected chi connectivity index (χ0v) is 12.5. The lowest BCUT2D eigenvalue weighted by atomic mass is 9.86. The van der Waals surface area contributed by atoms with Crippen molar-refractivity contribution < 1.29 is 13.5 Å². The lowest BCUT2D eigenvalue weighted by Crippen LogP contribution is -2.29. The summed E-state index contributed by atoms with van der Waals surface area (Å²) in [6.07, 6.45) is 2.35. The largest absolute Gasteiger partial charge is 0.434 e. The first-order valence-corrected chi connectivity index (χ1v) is 7.60. The minimum absolute atomic E-state index is 0.222. The first-order chi connectivity index (χ1) is 10.1. The van der Waals surface area contributed by atoms with Crippen molar-refractivity contribution in [2.75, 3.05) is 26.2 Å². The molecule has 1 unspecified atom stereocenters. The molecule has 1 aromatic rings. The van der Waals surface area contributed by atoms with Crippen LogP contribution in [0.25, 0.3) is 0 Å². The predicted molar refractivity (Wildman–Crippen MR) is 77.9 cm³/mol. The molecule has 6 heteroatoms. The van der Waals surface area contributed by atoms with Gasteiger partial charge in [0.1, 0.15) is 5.75 Å². The standard InChI is InChI=1S/C15H19ClF2N2O/c16-12-1-2-13(21-14(17)18)11(7-12)8-20-6-4-15(10-20)3-5-19-9-15/h1-2,7,14,19H,3-6,8-10H2. The van der Waals surface area contributed by atoms with E-state index in [1.165, 1.54) is 12.5 Å². The fourth-order valence-corrected chi connectivity index (χ4v) is 3.62. The number of likely N-dealkylation sites (tertiary alicyclic amines) is 1. The maximum absolute atomic E-state index is 12.5. The summed E-state index contributed by atoms with van der Waals surface area (Å²) >= 11 is 5.99. The molecule has 1 atom stereocenters. The van der Waals surface area contributed by atoms with Gasteiger partial charge in [0.2, 0.25) is 0 Å². The van der Waals surface area contributed by atoms with E-state index in [-0.39, 0.29) is 5.75 Å². The van der Waals surface area contributed by atoms with Crippen molar-refractivity contribution in [3.05, 3.63) is 28.8 Å². The molecule has 3 nitrogen and oxygen atoms in total. The van der Waals surface area contributed by atoms with Gasteiger partial charge in [-0.25, -0.2) is 0 Å². The van der Waals surface area contributed by atoms with E-state index in [2.05, 4.69) is 15.0 Å². The van der Waals surface area contributed by atoms with E-state index in [4.69, 9.17) is 11.6 Å². The summed E-state index contributed by atoms with van der Waals surface area (Å²) in [5.74, 6) is 0.222. The number of hydrogen-bond acceptors (Lipinski definition) is 3. The SMILES string of the molecule is FC(F)Oc1ccc(Cl)cc1CN1CCC2(CCNC2)C1. The van der Waals surface area contributed by atoms with Crippen molar-refractivity contribution in [3.8, 4) is 5.75 Å². The second-order valence-corrected chi connectivity index (χ2v) is 6.45. The van der Waals surface area contributed by atoms with Gasteiger partial charge in [0.05, 0.1) is 0 Å². The summed E-state index contributed by atoms with van der Waals surface area (Å²) in [6, 6.07) is 4.82. The van der Waals surface area contributed by atoms with Gasteiger partial charge in [-0.05, 0) is 49.5 Å². The molecule has 116 valence electrons. The third-order valence-corrected chi connectivity index (χ3v) is 4.72. The molecule has 1 N–H and O–H groups in total. The number of ether oxygens (including phenoxy) is 1. The zero-order chi connectivity index (χ0) is 14.9. The van der Waals surface area contributed by atoms with Crippen molar-refractivity contribution in [1.82, 2.24) is 10.2 Å². The number of nitrogens with one attached hydrogen (secondary N) is 1. The van der Waals surface area contributed by atoms with E-state index in [0.717, 1.165) is 38.2 Å². The first-order valence-electron chi connectivity index (χ1n) is 7.23. The highest BCUT2D eigenvalue weighted by atomic mass is 35.5. The first kappa shape index (κ1) is 15.0. The minimum atomic E-state index is -2.81. The Kier molecular flexibility index (Phi) is 4.33. The Morgan fingerprint density at radius 3 is 2.95 bits per heavy atom. The summed E-state index contributed by atoms with van der Waals surface area (Å²) in [4.78, 5) is 2.30. The topological polar surface area (TPSA) is 24.5 Å². The Morgan fingerprint density at radius 2 is 2.24 bits per heavy atom. The van der Waals surface area contributed by atoms with Crippen LogP contribution in [-0.2, 0) is 6.54 Å². The molecule has 2 heterocycles. The minimum Gasteiger partial charge on any atom is -0.434 e. The molecule has 2 fully saturated rings. The van der Waals surface area contributed by atoms with Gasteiger partial charge in [0, 0.05) is 30.2 Å². The Hall–Kier alpha value is -0.910. The molecule has 0 saturated carbocycles. The number of hydrogen-bond donors (Lipinski definition) is 1. The van der Waals surface area contributed by atoms with Crippen LogP contribution >= 0.6 is 11.6 Å². The number of nitrogens with zero attached hydrogens (tertiary/aromatic N) is 1. The third kappa shape index (κ3) is 3.47. The van der Waals surface area contributed by atoms with Gasteiger partial charge in [0.25, 0.3) is 0 Å². The highest BCUT2D eigenvalue weighted by Gasteiger charge is 2.40. The molecule has 3 rings (SSSR count). The van der Waals surface area contributed by atoms with Crippen molar-refractivity contribution in [2.24, 2.45) is 5.41 Å². The number of rotatable bonds is 4. The van der Waals surface area contributed by atoms with Gasteiger partial charge >= 0.3 is 6.61 Å². The lowest BCUT2D eigenvalue weighted by Gasteiger charge is -2.23. The molecule has 21 heavy (non-hydrogen) atoms. The van der Waals surface area contributed by atoms with Gasteiger partial charge in [-0.3, -0.25) is 4.90 Å². The summed E-state index contributed by atoms with van der Waals surface area (Å²) in [5, 5.41) is 3.96. The molecule has 2 saturated heterocycles. The molecular weight excluding hydrogens is 298 g/mol. The van der Waals surface area contributed by atoms with Gasteiger partial charge < -0.3 is 10.1 Å². The van der Waals surface area contributed by atoms with Gasteiger partial charge in [0.15, 0.2) is 0 Å². The Bertz CT molecular complexity index is 506. The van der Waals surface area contributed by atoms with E-state index in [9.17, 15) is 8.78 Å². The van der Waals surface area contributed by atoms with Gasteiger partial charge in [-0.15, -0.1) is 0 Å². The highest BCUT2D eigenvalue weighted by molar-refractivity contribution is 6.30. The van der Waals surface area contributed by atoms with Crippen molar-refractivity contribution in [1.29, 1.82) is 0 Å². The molecule has 1 spiro atoms. The van der Waals surface area contributed by atoms with Crippen LogP contribution in [0, 0.1) is 5.41 Å². The van der Waals surface area contributed by atoms with Crippen molar-refractivity contribution in [2.45, 2.75) is 26.0 Å². The molecule has 0 bridgehead atoms. The fraction of sp³-hybridized carbons (Fsp3) is 0.600. The van der Waals surface area contributed by atoms with Gasteiger partial charge in [-0.2, -0.15) is 8.78 Å². The number of halogens is 3. The van der Waals surface area contributed by atoms with Crippen LogP contribution in [-0.4, -0.2) is 37.7 Å². The quantitative estimate of drug-likeness (QED) is 0.923. The molecule has 2 aliphatic heterocycles. The Balaban J connectivity index is 1.71. The molecule has 0 aliphatic carbocycles. The second kappa shape index (κ2) is 6.07. The van der Waals surface area contributed by atoms with Crippen LogP contribution in [0.3, 0.4) is 0 Å². The summed E-state index contributed by atoms with van der Waals surface area (Å²) in [7, 11) is 0. The molecule has 1 aromatic carbocycles. The molecule has 0 radical (unpaired) electrons. The average molecular weight is 317 g/mol. The summed E-state index contributed by atoms with van der Waals surface area (Å²) in [6.45, 7) is 1.91. The number of alkyl halides is 2. The average Bonchev–Trinajstić information content (AvgIpc) is 3.03. The fourth-order valence-electron chi connectivity index (χ4n) is 3.43. The molecule has 2 aliphatic rings. The monoisotopic (exact) mass is 316 g/mol. The zero-order valence-electron chi connectivity index (χ0n) is 11.7. The Morgan fingerprint density at radius 1 is 1.38 bits per heavy atom. The maximum atomic E-state index is 12.5. The van der Waals surface area contributed by atoms with E-state index in [1.54, 1.807) is 12.1 Å². The van der Waals surface area contributed by atoms with E-state index >= 15 is 0 Å². The molecular formula is C15H19ClF2N2O.